The number of aromatic nitrogens is 1. The van der Waals surface area contributed by atoms with Gasteiger partial charge in [0.2, 0.25) is 0 Å². The number of benzene rings is 2. The van der Waals surface area contributed by atoms with Gasteiger partial charge in [0.1, 0.15) is 11.3 Å². The quantitative estimate of drug-likeness (QED) is 0.792. The molecule has 0 unspecified atom stereocenters. The molecular formula is C15H12N2O3. The number of anilines is 1. The van der Waals surface area contributed by atoms with Crippen LogP contribution in [0.1, 0.15) is 10.4 Å². The summed E-state index contributed by atoms with van der Waals surface area (Å²) in [6.45, 7) is 0. The molecule has 3 aromatic rings. The lowest BCUT2D eigenvalue weighted by molar-refractivity contribution is 0.102. The van der Waals surface area contributed by atoms with Gasteiger partial charge in [0.05, 0.1) is 12.7 Å². The largest absolute Gasteiger partial charge is 0.496 e. The van der Waals surface area contributed by atoms with E-state index in [0.717, 1.165) is 0 Å². The molecule has 1 heterocycles. The van der Waals surface area contributed by atoms with Crippen LogP contribution in [0.5, 0.6) is 5.75 Å². The number of rotatable bonds is 3. The zero-order chi connectivity index (χ0) is 13.9. The van der Waals surface area contributed by atoms with E-state index in [1.54, 1.807) is 36.4 Å². The fourth-order valence-electron chi connectivity index (χ4n) is 1.97. The number of carbonyl (C=O) groups is 1. The van der Waals surface area contributed by atoms with Crippen molar-refractivity contribution in [1.82, 2.24) is 4.98 Å². The van der Waals surface area contributed by atoms with Crippen LogP contribution in [-0.4, -0.2) is 18.0 Å². The van der Waals surface area contributed by atoms with E-state index in [4.69, 9.17) is 9.15 Å². The molecule has 0 atom stereocenters. The van der Waals surface area contributed by atoms with Crippen molar-refractivity contribution < 1.29 is 13.9 Å². The molecule has 5 heteroatoms. The zero-order valence-electron chi connectivity index (χ0n) is 10.8. The van der Waals surface area contributed by atoms with E-state index < -0.39 is 0 Å². The molecule has 0 aliphatic heterocycles. The number of oxazole rings is 1. The van der Waals surface area contributed by atoms with Gasteiger partial charge in [0, 0.05) is 5.69 Å². The number of amides is 1. The standard InChI is InChI=1S/C15H12N2O3/c1-19-13-5-3-2-4-11(13)15(18)17-10-6-7-14-12(8-10)16-9-20-14/h2-9H,1H3,(H,17,18). The Hall–Kier alpha value is -2.82. The number of methoxy groups -OCH3 is 1. The van der Waals surface area contributed by atoms with Gasteiger partial charge in [-0.3, -0.25) is 4.79 Å². The van der Waals surface area contributed by atoms with Gasteiger partial charge in [-0.25, -0.2) is 4.98 Å². The highest BCUT2D eigenvalue weighted by atomic mass is 16.5. The summed E-state index contributed by atoms with van der Waals surface area (Å²) in [5, 5.41) is 2.81. The molecule has 3 rings (SSSR count). The van der Waals surface area contributed by atoms with Gasteiger partial charge in [-0.2, -0.15) is 0 Å². The van der Waals surface area contributed by atoms with Crippen LogP contribution in [0.3, 0.4) is 0 Å². The number of ether oxygens (including phenoxy) is 1. The molecule has 0 bridgehead atoms. The van der Waals surface area contributed by atoms with E-state index in [-0.39, 0.29) is 5.91 Å². The fraction of sp³-hybridized carbons (Fsp3) is 0.0667. The highest BCUT2D eigenvalue weighted by Crippen LogP contribution is 2.21. The number of fused-ring (bicyclic) bond motifs is 1. The lowest BCUT2D eigenvalue weighted by Crippen LogP contribution is -2.13. The van der Waals surface area contributed by atoms with Crippen molar-refractivity contribution in [3.05, 3.63) is 54.4 Å². The summed E-state index contributed by atoms with van der Waals surface area (Å²) in [5.74, 6) is 0.304. The van der Waals surface area contributed by atoms with Crippen molar-refractivity contribution in [3.63, 3.8) is 0 Å². The summed E-state index contributed by atoms with van der Waals surface area (Å²) in [4.78, 5) is 16.3. The minimum Gasteiger partial charge on any atom is -0.496 e. The van der Waals surface area contributed by atoms with Crippen LogP contribution in [0, 0.1) is 0 Å². The molecule has 1 N–H and O–H groups in total. The van der Waals surface area contributed by atoms with E-state index in [1.807, 2.05) is 6.07 Å². The maximum atomic E-state index is 12.2. The highest BCUT2D eigenvalue weighted by molar-refractivity contribution is 6.06. The Kier molecular flexibility index (Phi) is 3.09. The summed E-state index contributed by atoms with van der Waals surface area (Å²) >= 11 is 0. The Morgan fingerprint density at radius 1 is 1.25 bits per heavy atom. The van der Waals surface area contributed by atoms with Gasteiger partial charge in [0.15, 0.2) is 12.0 Å². The Bertz CT molecular complexity index is 764. The maximum Gasteiger partial charge on any atom is 0.259 e. The Morgan fingerprint density at radius 3 is 2.95 bits per heavy atom. The zero-order valence-corrected chi connectivity index (χ0v) is 10.8. The average molecular weight is 268 g/mol. The topological polar surface area (TPSA) is 64.4 Å². The summed E-state index contributed by atoms with van der Waals surface area (Å²) in [6.07, 6.45) is 1.37. The van der Waals surface area contributed by atoms with Crippen LogP contribution in [-0.2, 0) is 0 Å². The van der Waals surface area contributed by atoms with Crippen molar-refractivity contribution in [3.8, 4) is 5.75 Å². The first-order valence-corrected chi connectivity index (χ1v) is 6.05. The van der Waals surface area contributed by atoms with E-state index >= 15 is 0 Å². The third-order valence-electron chi connectivity index (χ3n) is 2.94. The molecule has 100 valence electrons. The maximum absolute atomic E-state index is 12.2. The van der Waals surface area contributed by atoms with Gasteiger partial charge < -0.3 is 14.5 Å². The molecular weight excluding hydrogens is 256 g/mol. The summed E-state index contributed by atoms with van der Waals surface area (Å²) in [5.41, 5.74) is 2.51. The smallest absolute Gasteiger partial charge is 0.259 e. The monoisotopic (exact) mass is 268 g/mol. The molecule has 5 nitrogen and oxygen atoms in total. The van der Waals surface area contributed by atoms with E-state index in [0.29, 0.717) is 28.1 Å². The number of hydrogen-bond acceptors (Lipinski definition) is 4. The van der Waals surface area contributed by atoms with E-state index in [1.165, 1.54) is 13.5 Å². The van der Waals surface area contributed by atoms with Crippen LogP contribution >= 0.6 is 0 Å². The second-order valence-electron chi connectivity index (χ2n) is 4.19. The van der Waals surface area contributed by atoms with E-state index in [2.05, 4.69) is 10.3 Å². The van der Waals surface area contributed by atoms with Crippen molar-refractivity contribution >= 4 is 22.7 Å². The first-order chi connectivity index (χ1) is 9.78. The summed E-state index contributed by atoms with van der Waals surface area (Å²) in [6, 6.07) is 12.3. The van der Waals surface area contributed by atoms with Crippen LogP contribution in [0.15, 0.2) is 53.3 Å². The molecule has 1 aromatic heterocycles. The predicted molar refractivity (Wildman–Crippen MR) is 75.0 cm³/mol. The average Bonchev–Trinajstić information content (AvgIpc) is 2.94. The molecule has 20 heavy (non-hydrogen) atoms. The third kappa shape index (κ3) is 2.21. The number of hydrogen-bond donors (Lipinski definition) is 1. The number of nitrogens with zero attached hydrogens (tertiary/aromatic N) is 1. The lowest BCUT2D eigenvalue weighted by Gasteiger charge is -2.08. The first kappa shape index (κ1) is 12.2. The lowest BCUT2D eigenvalue weighted by atomic mass is 10.2. The molecule has 0 radical (unpaired) electrons. The number of para-hydroxylation sites is 1. The highest BCUT2D eigenvalue weighted by Gasteiger charge is 2.12. The van der Waals surface area contributed by atoms with Gasteiger partial charge in [-0.1, -0.05) is 12.1 Å². The Labute approximate surface area is 115 Å². The van der Waals surface area contributed by atoms with Crippen molar-refractivity contribution in [2.75, 3.05) is 12.4 Å². The van der Waals surface area contributed by atoms with Crippen LogP contribution in [0.25, 0.3) is 11.1 Å². The van der Waals surface area contributed by atoms with Gasteiger partial charge >= 0.3 is 0 Å². The van der Waals surface area contributed by atoms with Crippen LogP contribution < -0.4 is 10.1 Å². The second kappa shape index (κ2) is 5.05. The summed E-state index contributed by atoms with van der Waals surface area (Å²) in [7, 11) is 1.54. The number of nitrogens with one attached hydrogen (secondary N) is 1. The predicted octanol–water partition coefficient (Wildman–Crippen LogP) is 3.09. The SMILES string of the molecule is COc1ccccc1C(=O)Nc1ccc2ocnc2c1. The Balaban J connectivity index is 1.88. The fourth-order valence-corrected chi connectivity index (χ4v) is 1.97. The minimum absolute atomic E-state index is 0.231. The summed E-state index contributed by atoms with van der Waals surface area (Å²) < 4.78 is 10.3. The third-order valence-corrected chi connectivity index (χ3v) is 2.94. The van der Waals surface area contributed by atoms with Crippen LogP contribution in [0.2, 0.25) is 0 Å². The van der Waals surface area contributed by atoms with Gasteiger partial charge in [-0.05, 0) is 30.3 Å². The molecule has 0 aliphatic carbocycles. The molecule has 0 saturated carbocycles. The van der Waals surface area contributed by atoms with Crippen LogP contribution in [0.4, 0.5) is 5.69 Å². The van der Waals surface area contributed by atoms with Crippen molar-refractivity contribution in [2.24, 2.45) is 0 Å². The Morgan fingerprint density at radius 2 is 2.10 bits per heavy atom. The van der Waals surface area contributed by atoms with Crippen molar-refractivity contribution in [2.45, 2.75) is 0 Å². The molecule has 1 amide bonds. The molecule has 0 aliphatic rings. The number of carbonyl (C=O) groups excluding carboxylic acids is 1. The van der Waals surface area contributed by atoms with Gasteiger partial charge in [0.25, 0.3) is 5.91 Å². The molecule has 0 spiro atoms. The normalized spacial score (nSPS) is 10.4. The van der Waals surface area contributed by atoms with E-state index in [9.17, 15) is 4.79 Å². The first-order valence-electron chi connectivity index (χ1n) is 6.05. The van der Waals surface area contributed by atoms with Crippen molar-refractivity contribution in [1.29, 1.82) is 0 Å². The minimum atomic E-state index is -0.231. The molecule has 0 saturated heterocycles. The molecule has 0 fully saturated rings. The van der Waals surface area contributed by atoms with Gasteiger partial charge in [-0.15, -0.1) is 0 Å². The second-order valence-corrected chi connectivity index (χ2v) is 4.19. The molecule has 2 aromatic carbocycles.